The average molecular weight is 514 g/mol. The molecule has 2 aromatic carbocycles. The predicted molar refractivity (Wildman–Crippen MR) is 160 cm³/mol. The van der Waals surface area contributed by atoms with Crippen LogP contribution >= 0.6 is 0 Å². The molecule has 0 aliphatic heterocycles. The molecule has 1 heterocycles. The second-order valence-electron chi connectivity index (χ2n) is 12.7. The topological polar surface area (TPSA) is 50.2 Å². The molecule has 38 heavy (non-hydrogen) atoms. The van der Waals surface area contributed by atoms with Crippen LogP contribution in [0.3, 0.4) is 0 Å². The van der Waals surface area contributed by atoms with Crippen LogP contribution in [0.5, 0.6) is 0 Å². The smallest absolute Gasteiger partial charge is 0.307 e. The van der Waals surface area contributed by atoms with Crippen molar-refractivity contribution in [1.29, 1.82) is 0 Å². The first-order chi connectivity index (χ1) is 17.7. The summed E-state index contributed by atoms with van der Waals surface area (Å²) in [7, 11) is 0. The van der Waals surface area contributed by atoms with Gasteiger partial charge in [-0.15, -0.1) is 0 Å². The second-order valence-corrected chi connectivity index (χ2v) is 12.7. The minimum absolute atomic E-state index is 0.00667. The minimum Gasteiger partial charge on any atom is -0.481 e. The molecule has 0 unspecified atom stereocenters. The first-order valence-electron chi connectivity index (χ1n) is 14.1. The fourth-order valence-corrected chi connectivity index (χ4v) is 5.44. The summed E-state index contributed by atoms with van der Waals surface area (Å²) in [5.41, 5.74) is 9.95. The molecular weight excluding hydrogens is 466 g/mol. The lowest BCUT2D eigenvalue weighted by atomic mass is 9.66. The van der Waals surface area contributed by atoms with E-state index in [1.54, 1.807) is 6.20 Å². The van der Waals surface area contributed by atoms with Gasteiger partial charge in [-0.1, -0.05) is 90.9 Å². The molecule has 0 bridgehead atoms. The lowest BCUT2D eigenvalue weighted by molar-refractivity contribution is -0.136. The van der Waals surface area contributed by atoms with Gasteiger partial charge in [-0.25, -0.2) is 0 Å². The van der Waals surface area contributed by atoms with E-state index >= 15 is 0 Å². The van der Waals surface area contributed by atoms with Gasteiger partial charge in [0, 0.05) is 17.2 Å². The highest BCUT2D eigenvalue weighted by Gasteiger charge is 2.33. The number of carbonyl (C=O) groups is 1. The Kier molecular flexibility index (Phi) is 8.91. The predicted octanol–water partition coefficient (Wildman–Crippen LogP) is 9.10. The monoisotopic (exact) mass is 513 g/mol. The van der Waals surface area contributed by atoms with E-state index in [0.29, 0.717) is 5.56 Å². The fourth-order valence-electron chi connectivity index (χ4n) is 5.44. The van der Waals surface area contributed by atoms with Gasteiger partial charge in [-0.3, -0.25) is 9.78 Å². The summed E-state index contributed by atoms with van der Waals surface area (Å²) in [5, 5.41) is 9.04. The molecule has 0 spiro atoms. The Balaban J connectivity index is 1.91. The molecule has 0 fully saturated rings. The number of carboxylic acid groups (broad SMARTS) is 1. The van der Waals surface area contributed by atoms with Gasteiger partial charge in [0.1, 0.15) is 0 Å². The van der Waals surface area contributed by atoms with Crippen LogP contribution < -0.4 is 0 Å². The number of hydrogen-bond acceptors (Lipinski definition) is 2. The summed E-state index contributed by atoms with van der Waals surface area (Å²) in [6, 6.07) is 17.7. The molecule has 0 aliphatic rings. The molecule has 204 valence electrons. The molecule has 0 radical (unpaired) electrons. The molecule has 3 aromatic rings. The zero-order valence-electron chi connectivity index (χ0n) is 25.0. The normalized spacial score (nSPS) is 12.6. The fraction of sp³-hybridized carbons (Fsp3) is 0.486. The van der Waals surface area contributed by atoms with Crippen molar-refractivity contribution in [3.05, 3.63) is 88.1 Å². The lowest BCUT2D eigenvalue weighted by Crippen LogP contribution is -2.30. The first-order valence-corrected chi connectivity index (χ1v) is 14.1. The van der Waals surface area contributed by atoms with Crippen LogP contribution in [0.4, 0.5) is 0 Å². The van der Waals surface area contributed by atoms with Gasteiger partial charge < -0.3 is 5.11 Å². The number of carboxylic acids is 1. The Labute approximate surface area is 230 Å². The van der Waals surface area contributed by atoms with E-state index in [9.17, 15) is 4.79 Å². The van der Waals surface area contributed by atoms with Crippen molar-refractivity contribution in [2.45, 2.75) is 99.8 Å². The van der Waals surface area contributed by atoms with Crippen molar-refractivity contribution in [3.63, 3.8) is 0 Å². The maximum Gasteiger partial charge on any atom is 0.307 e. The number of hydrogen-bond donors (Lipinski definition) is 1. The highest BCUT2D eigenvalue weighted by atomic mass is 16.4. The molecule has 0 aliphatic carbocycles. The number of nitrogens with zero attached hydrogens (tertiary/aromatic N) is 1. The summed E-state index contributed by atoms with van der Waals surface area (Å²) in [5.74, 6) is -0.840. The zero-order chi connectivity index (χ0) is 28.3. The lowest BCUT2D eigenvalue weighted by Gasteiger charge is -2.39. The van der Waals surface area contributed by atoms with Crippen molar-refractivity contribution < 1.29 is 9.90 Å². The van der Waals surface area contributed by atoms with Crippen LogP contribution in [-0.2, 0) is 23.1 Å². The molecule has 0 atom stereocenters. The van der Waals surface area contributed by atoms with Gasteiger partial charge in [0.05, 0.1) is 12.1 Å². The Morgan fingerprint density at radius 3 is 1.92 bits per heavy atom. The third-order valence-corrected chi connectivity index (χ3v) is 9.39. The van der Waals surface area contributed by atoms with Crippen LogP contribution in [0.25, 0.3) is 11.3 Å². The number of pyridine rings is 1. The van der Waals surface area contributed by atoms with Gasteiger partial charge in [0.15, 0.2) is 0 Å². The van der Waals surface area contributed by atoms with Gasteiger partial charge in [0.2, 0.25) is 0 Å². The minimum atomic E-state index is -0.840. The molecule has 3 nitrogen and oxygen atoms in total. The molecular formula is C35H47NO2. The Morgan fingerprint density at radius 2 is 1.45 bits per heavy atom. The third-order valence-electron chi connectivity index (χ3n) is 9.39. The summed E-state index contributed by atoms with van der Waals surface area (Å²) >= 11 is 0. The van der Waals surface area contributed by atoms with E-state index in [-0.39, 0.29) is 22.7 Å². The molecule has 1 aromatic heterocycles. The van der Waals surface area contributed by atoms with Crippen molar-refractivity contribution in [1.82, 2.24) is 4.98 Å². The average Bonchev–Trinajstić information content (AvgIpc) is 2.84. The first kappa shape index (κ1) is 29.6. The van der Waals surface area contributed by atoms with Crippen molar-refractivity contribution in [3.8, 4) is 11.3 Å². The van der Waals surface area contributed by atoms with E-state index in [1.807, 2.05) is 12.1 Å². The standard InChI is InChI=1S/C35H47NO2/c1-10-35(11-2,28-14-13-27(24(3)20-28)18-19-34(8,9)33(5,6)7)29-15-16-30(25(4)21-29)31-17-12-26(23-36-31)22-32(37)38/h12-17,20-21,23H,10-11,18-19,22H2,1-9H3,(H,37,38). The molecule has 0 amide bonds. The Bertz CT molecular complexity index is 1260. The van der Waals surface area contributed by atoms with Gasteiger partial charge >= 0.3 is 5.97 Å². The molecule has 3 heteroatoms. The van der Waals surface area contributed by atoms with E-state index in [4.69, 9.17) is 5.11 Å². The molecule has 0 saturated carbocycles. The van der Waals surface area contributed by atoms with E-state index in [2.05, 4.69) is 104 Å². The Hall–Kier alpha value is -2.94. The quantitative estimate of drug-likeness (QED) is 0.294. The molecule has 3 rings (SSSR count). The van der Waals surface area contributed by atoms with Crippen molar-refractivity contribution in [2.24, 2.45) is 10.8 Å². The van der Waals surface area contributed by atoms with E-state index in [0.717, 1.165) is 30.5 Å². The largest absolute Gasteiger partial charge is 0.481 e. The number of aliphatic carboxylic acids is 1. The maximum atomic E-state index is 11.0. The number of benzene rings is 2. The number of rotatable bonds is 10. The highest BCUT2D eigenvalue weighted by molar-refractivity contribution is 5.71. The summed E-state index contributed by atoms with van der Waals surface area (Å²) in [4.78, 5) is 15.6. The van der Waals surface area contributed by atoms with E-state index < -0.39 is 5.97 Å². The zero-order valence-corrected chi connectivity index (χ0v) is 25.0. The highest BCUT2D eigenvalue weighted by Crippen LogP contribution is 2.43. The third kappa shape index (κ3) is 6.20. The second kappa shape index (κ2) is 11.4. The molecule has 1 N–H and O–H groups in total. The van der Waals surface area contributed by atoms with E-state index in [1.165, 1.54) is 34.2 Å². The number of aryl methyl sites for hydroxylation is 3. The summed E-state index contributed by atoms with van der Waals surface area (Å²) < 4.78 is 0. The van der Waals surface area contributed by atoms with Crippen LogP contribution in [0, 0.1) is 24.7 Å². The molecule has 0 saturated heterocycles. The van der Waals surface area contributed by atoms with Crippen LogP contribution in [0.1, 0.15) is 101 Å². The van der Waals surface area contributed by atoms with Crippen LogP contribution in [0.15, 0.2) is 54.7 Å². The maximum absolute atomic E-state index is 11.0. The van der Waals surface area contributed by atoms with Crippen molar-refractivity contribution >= 4 is 5.97 Å². The van der Waals surface area contributed by atoms with Gasteiger partial charge in [0.25, 0.3) is 0 Å². The SMILES string of the molecule is CCC(CC)(c1ccc(CCC(C)(C)C(C)(C)C)c(C)c1)c1ccc(-c2ccc(CC(=O)O)cn2)c(C)c1. The van der Waals surface area contributed by atoms with Crippen LogP contribution in [0.2, 0.25) is 0 Å². The Morgan fingerprint density at radius 1 is 0.842 bits per heavy atom. The summed E-state index contributed by atoms with van der Waals surface area (Å²) in [6.07, 6.45) is 6.00. The summed E-state index contributed by atoms with van der Waals surface area (Å²) in [6.45, 7) is 20.8. The van der Waals surface area contributed by atoms with Gasteiger partial charge in [-0.2, -0.15) is 0 Å². The number of aromatic nitrogens is 1. The van der Waals surface area contributed by atoms with Gasteiger partial charge in [-0.05, 0) is 89.8 Å². The van der Waals surface area contributed by atoms with Crippen LogP contribution in [-0.4, -0.2) is 16.1 Å². The van der Waals surface area contributed by atoms with Crippen molar-refractivity contribution in [2.75, 3.05) is 0 Å².